The topological polar surface area (TPSA) is 58.6 Å². The Morgan fingerprint density at radius 1 is 1.04 bits per heavy atom. The summed E-state index contributed by atoms with van der Waals surface area (Å²) in [4.78, 5) is 11.6. The van der Waals surface area contributed by atoms with Crippen LogP contribution in [0, 0.1) is 5.92 Å². The fraction of sp³-hybridized carbons (Fsp3) is 0.462. The lowest BCUT2D eigenvalue weighted by Crippen LogP contribution is -2.53. The number of aliphatic hydroxyl groups is 1. The Kier molecular flexibility index (Phi) is 4.33. The van der Waals surface area contributed by atoms with Crippen molar-refractivity contribution in [2.45, 2.75) is 18.0 Å². The molecular formula is C13H11F6NO3. The zero-order valence-corrected chi connectivity index (χ0v) is 11.3. The maximum Gasteiger partial charge on any atom is 0.430 e. The number of carbonyl (C=O) groups excluding carboxylic acids is 1. The van der Waals surface area contributed by atoms with Gasteiger partial charge in [0.05, 0.1) is 19.1 Å². The summed E-state index contributed by atoms with van der Waals surface area (Å²) < 4.78 is 81.0. The first-order valence-electron chi connectivity index (χ1n) is 6.32. The van der Waals surface area contributed by atoms with Crippen molar-refractivity contribution in [3.63, 3.8) is 0 Å². The van der Waals surface area contributed by atoms with Gasteiger partial charge in [-0.15, -0.1) is 0 Å². The second kappa shape index (κ2) is 5.68. The molecule has 4 nitrogen and oxygen atoms in total. The summed E-state index contributed by atoms with van der Waals surface area (Å²) in [6.45, 7) is 0.400. The lowest BCUT2D eigenvalue weighted by molar-refractivity contribution is -0.376. The zero-order chi connectivity index (χ0) is 17.5. The smallest absolute Gasteiger partial charge is 0.380 e. The van der Waals surface area contributed by atoms with Crippen molar-refractivity contribution < 1.29 is 41.0 Å². The number of hydrogen-bond donors (Lipinski definition) is 2. The first kappa shape index (κ1) is 17.5. The Hall–Kier alpha value is -1.81. The van der Waals surface area contributed by atoms with Crippen LogP contribution in [0.1, 0.15) is 5.56 Å². The molecule has 23 heavy (non-hydrogen) atoms. The van der Waals surface area contributed by atoms with Crippen LogP contribution < -0.4 is 5.32 Å². The lowest BCUT2D eigenvalue weighted by Gasteiger charge is -2.32. The molecule has 0 unspecified atom stereocenters. The molecule has 1 aliphatic heterocycles. The van der Waals surface area contributed by atoms with Crippen molar-refractivity contribution in [1.82, 2.24) is 0 Å². The van der Waals surface area contributed by atoms with Gasteiger partial charge in [-0.3, -0.25) is 4.79 Å². The SMILES string of the molecule is O=C(Nc1ccc(C(O)(C(F)(F)F)C(F)(F)F)cc1)C1COC1. The van der Waals surface area contributed by atoms with E-state index in [1.54, 1.807) is 0 Å². The molecule has 1 aromatic rings. The van der Waals surface area contributed by atoms with E-state index in [9.17, 15) is 36.2 Å². The summed E-state index contributed by atoms with van der Waals surface area (Å²) in [7, 11) is 0. The summed E-state index contributed by atoms with van der Waals surface area (Å²) >= 11 is 0. The minimum absolute atomic E-state index is 0.0114. The number of benzene rings is 1. The zero-order valence-electron chi connectivity index (χ0n) is 11.3. The number of anilines is 1. The monoisotopic (exact) mass is 343 g/mol. The Balaban J connectivity index is 2.24. The van der Waals surface area contributed by atoms with Crippen LogP contribution in [0.5, 0.6) is 0 Å². The van der Waals surface area contributed by atoms with Crippen LogP contribution in [-0.2, 0) is 15.1 Å². The maximum absolute atomic E-state index is 12.7. The van der Waals surface area contributed by atoms with Crippen LogP contribution in [0.2, 0.25) is 0 Å². The largest absolute Gasteiger partial charge is 0.430 e. The van der Waals surface area contributed by atoms with Crippen molar-refractivity contribution in [3.05, 3.63) is 29.8 Å². The standard InChI is InChI=1S/C13H11F6NO3/c14-12(15,16)11(22,13(17,18)19)8-1-3-9(4-2-8)20-10(21)7-5-23-6-7/h1-4,7,22H,5-6H2,(H,20,21). The van der Waals surface area contributed by atoms with E-state index in [0.29, 0.717) is 12.1 Å². The highest BCUT2D eigenvalue weighted by Gasteiger charge is 2.71. The molecule has 10 heteroatoms. The molecule has 128 valence electrons. The van der Waals surface area contributed by atoms with Crippen LogP contribution in [0.25, 0.3) is 0 Å². The third-order valence-corrected chi connectivity index (χ3v) is 3.40. The number of hydrogen-bond acceptors (Lipinski definition) is 3. The van der Waals surface area contributed by atoms with E-state index < -0.39 is 35.3 Å². The summed E-state index contributed by atoms with van der Waals surface area (Å²) in [5, 5.41) is 11.5. The quantitative estimate of drug-likeness (QED) is 0.830. The van der Waals surface area contributed by atoms with Gasteiger partial charge >= 0.3 is 12.4 Å². The molecule has 1 aliphatic rings. The fourth-order valence-electron chi connectivity index (χ4n) is 1.91. The van der Waals surface area contributed by atoms with E-state index in [1.165, 1.54) is 0 Å². The average Bonchev–Trinajstić information content (AvgIpc) is 2.33. The number of halogens is 6. The number of alkyl halides is 6. The summed E-state index contributed by atoms with van der Waals surface area (Å²) in [5.41, 5.74) is -6.36. The van der Waals surface area contributed by atoms with Gasteiger partial charge in [0.15, 0.2) is 0 Å². The van der Waals surface area contributed by atoms with Gasteiger partial charge in [0.1, 0.15) is 0 Å². The predicted molar refractivity (Wildman–Crippen MR) is 65.4 cm³/mol. The molecule has 0 spiro atoms. The second-order valence-electron chi connectivity index (χ2n) is 5.01. The fourth-order valence-corrected chi connectivity index (χ4v) is 1.91. The van der Waals surface area contributed by atoms with E-state index in [4.69, 9.17) is 4.74 Å². The van der Waals surface area contributed by atoms with E-state index >= 15 is 0 Å². The first-order valence-corrected chi connectivity index (χ1v) is 6.32. The van der Waals surface area contributed by atoms with Crippen LogP contribution in [0.3, 0.4) is 0 Å². The molecule has 1 fully saturated rings. The van der Waals surface area contributed by atoms with Gasteiger partial charge in [-0.05, 0) is 12.1 Å². The van der Waals surface area contributed by atoms with Gasteiger partial charge in [0.25, 0.3) is 5.60 Å². The van der Waals surface area contributed by atoms with Gasteiger partial charge in [0.2, 0.25) is 5.91 Å². The van der Waals surface area contributed by atoms with Crippen LogP contribution in [0.4, 0.5) is 32.0 Å². The number of carbonyl (C=O) groups is 1. The highest BCUT2D eigenvalue weighted by molar-refractivity contribution is 5.93. The minimum atomic E-state index is -5.95. The normalized spacial score (nSPS) is 16.8. The first-order chi connectivity index (χ1) is 10.5. The molecule has 2 N–H and O–H groups in total. The number of amides is 1. The highest BCUT2D eigenvalue weighted by Crippen LogP contribution is 2.50. The summed E-state index contributed by atoms with van der Waals surface area (Å²) in [6, 6.07) is 2.64. The number of ether oxygens (including phenoxy) is 1. The molecule has 1 saturated heterocycles. The third-order valence-electron chi connectivity index (χ3n) is 3.40. The Bertz CT molecular complexity index is 563. The Labute approximate surface area is 126 Å². The highest BCUT2D eigenvalue weighted by atomic mass is 19.4. The van der Waals surface area contributed by atoms with Crippen LogP contribution in [0.15, 0.2) is 24.3 Å². The predicted octanol–water partition coefficient (Wildman–Crippen LogP) is 2.58. The minimum Gasteiger partial charge on any atom is -0.380 e. The molecule has 0 saturated carbocycles. The van der Waals surface area contributed by atoms with E-state index in [2.05, 4.69) is 5.32 Å². The molecule has 0 bridgehead atoms. The van der Waals surface area contributed by atoms with Gasteiger partial charge in [-0.25, -0.2) is 0 Å². The number of rotatable bonds is 3. The Morgan fingerprint density at radius 3 is 1.87 bits per heavy atom. The van der Waals surface area contributed by atoms with Crippen molar-refractivity contribution in [1.29, 1.82) is 0 Å². The number of nitrogens with one attached hydrogen (secondary N) is 1. The molecule has 0 aromatic heterocycles. The lowest BCUT2D eigenvalue weighted by atomic mass is 9.92. The molecule has 0 aliphatic carbocycles. The summed E-state index contributed by atoms with van der Waals surface area (Å²) in [5.74, 6) is -0.858. The van der Waals surface area contributed by atoms with Crippen molar-refractivity contribution in [2.24, 2.45) is 5.92 Å². The molecule has 0 atom stereocenters. The van der Waals surface area contributed by atoms with Gasteiger partial charge in [-0.1, -0.05) is 12.1 Å². The molecule has 2 rings (SSSR count). The summed E-state index contributed by atoms with van der Waals surface area (Å²) in [6.07, 6.45) is -11.9. The second-order valence-corrected chi connectivity index (χ2v) is 5.01. The van der Waals surface area contributed by atoms with E-state index in [-0.39, 0.29) is 18.9 Å². The molecule has 1 heterocycles. The molecule has 0 radical (unpaired) electrons. The van der Waals surface area contributed by atoms with Gasteiger partial charge < -0.3 is 15.2 Å². The van der Waals surface area contributed by atoms with Crippen LogP contribution in [-0.4, -0.2) is 36.6 Å². The van der Waals surface area contributed by atoms with Crippen molar-refractivity contribution >= 4 is 11.6 Å². The van der Waals surface area contributed by atoms with Gasteiger partial charge in [-0.2, -0.15) is 26.3 Å². The molecular weight excluding hydrogens is 332 g/mol. The van der Waals surface area contributed by atoms with E-state index in [1.807, 2.05) is 0 Å². The van der Waals surface area contributed by atoms with Crippen molar-refractivity contribution in [3.8, 4) is 0 Å². The molecule has 1 aromatic carbocycles. The average molecular weight is 343 g/mol. The van der Waals surface area contributed by atoms with Crippen molar-refractivity contribution in [2.75, 3.05) is 18.5 Å². The maximum atomic E-state index is 12.7. The van der Waals surface area contributed by atoms with E-state index in [0.717, 1.165) is 12.1 Å². The Morgan fingerprint density at radius 2 is 1.52 bits per heavy atom. The molecule has 1 amide bonds. The third kappa shape index (κ3) is 3.13. The van der Waals surface area contributed by atoms with Gasteiger partial charge in [0, 0.05) is 11.3 Å². The van der Waals surface area contributed by atoms with Crippen LogP contribution >= 0.6 is 0 Å².